The van der Waals surface area contributed by atoms with Crippen LogP contribution in [0.5, 0.6) is 0 Å². The molecule has 1 heterocycles. The van der Waals surface area contributed by atoms with Crippen LogP contribution in [0.2, 0.25) is 0 Å². The first-order valence-electron chi connectivity index (χ1n) is 9.96. The Morgan fingerprint density at radius 2 is 1.79 bits per heavy atom. The van der Waals surface area contributed by atoms with Crippen LogP contribution in [0.4, 0.5) is 16.2 Å². The van der Waals surface area contributed by atoms with E-state index in [2.05, 4.69) is 15.0 Å². The Kier molecular flexibility index (Phi) is 8.45. The second-order valence-corrected chi connectivity index (χ2v) is 8.62. The predicted molar refractivity (Wildman–Crippen MR) is 116 cm³/mol. The molecule has 0 unspecified atom stereocenters. The Bertz CT molecular complexity index is 908. The average Bonchev–Trinajstić information content (AvgIpc) is 2.68. The van der Waals surface area contributed by atoms with Crippen LogP contribution in [-0.4, -0.2) is 37.4 Å². The van der Waals surface area contributed by atoms with Gasteiger partial charge in [-0.15, -0.1) is 0 Å². The fourth-order valence-corrected chi connectivity index (χ4v) is 3.90. The van der Waals surface area contributed by atoms with Gasteiger partial charge in [-0.05, 0) is 43.5 Å². The average molecular weight is 419 g/mol. The molecule has 7 nitrogen and oxygen atoms in total. The van der Waals surface area contributed by atoms with Gasteiger partial charge in [0.05, 0.1) is 5.69 Å². The number of urea groups is 1. The third kappa shape index (κ3) is 6.74. The van der Waals surface area contributed by atoms with Crippen molar-refractivity contribution < 1.29 is 13.2 Å². The molecule has 0 aliphatic carbocycles. The van der Waals surface area contributed by atoms with Crippen molar-refractivity contribution in [2.75, 3.05) is 18.4 Å². The van der Waals surface area contributed by atoms with Crippen molar-refractivity contribution in [3.63, 3.8) is 0 Å². The van der Waals surface area contributed by atoms with Crippen LogP contribution in [0.15, 0.2) is 47.6 Å². The minimum absolute atomic E-state index is 0.0687. The third-order valence-corrected chi connectivity index (χ3v) is 5.79. The van der Waals surface area contributed by atoms with Gasteiger partial charge in [0.15, 0.2) is 0 Å². The highest BCUT2D eigenvalue weighted by atomic mass is 32.2. The molecule has 2 N–H and O–H groups in total. The van der Waals surface area contributed by atoms with E-state index in [1.165, 1.54) is 12.4 Å². The maximum Gasteiger partial charge on any atom is 0.331 e. The molecular weight excluding hydrogens is 388 g/mol. The van der Waals surface area contributed by atoms with Gasteiger partial charge in [-0.1, -0.05) is 38.8 Å². The van der Waals surface area contributed by atoms with Crippen molar-refractivity contribution in [1.82, 2.24) is 14.6 Å². The molecule has 8 heteroatoms. The smallest absolute Gasteiger partial charge is 0.331 e. The lowest BCUT2D eigenvalue weighted by Gasteiger charge is -2.23. The molecule has 0 radical (unpaired) electrons. The molecule has 2 amide bonds. The molecule has 0 bridgehead atoms. The van der Waals surface area contributed by atoms with Gasteiger partial charge >= 0.3 is 6.03 Å². The van der Waals surface area contributed by atoms with Crippen molar-refractivity contribution in [2.24, 2.45) is 0 Å². The number of pyridine rings is 1. The molecule has 0 aliphatic rings. The highest BCUT2D eigenvalue weighted by molar-refractivity contribution is 7.90. The topological polar surface area (TPSA) is 91.4 Å². The van der Waals surface area contributed by atoms with Gasteiger partial charge in [-0.3, -0.25) is 4.98 Å². The summed E-state index contributed by atoms with van der Waals surface area (Å²) in [6.45, 7) is 7.08. The molecule has 0 aliphatic heterocycles. The standard InChI is InChI=1S/C21H30N4O3S/c1-4-6-13-25(14-7-5-2)21(26)24-29(27,28)20-16-22-12-11-19(20)23-18-10-8-9-17(3)15-18/h8-12,15-16H,4-7,13-14H2,1-3H3,(H,22,23)(H,24,26). The summed E-state index contributed by atoms with van der Waals surface area (Å²) in [7, 11) is -4.08. The van der Waals surface area contributed by atoms with Crippen LogP contribution in [0.3, 0.4) is 0 Å². The minimum Gasteiger partial charge on any atom is -0.354 e. The summed E-state index contributed by atoms with van der Waals surface area (Å²) >= 11 is 0. The molecule has 0 atom stereocenters. The van der Waals surface area contributed by atoms with E-state index in [4.69, 9.17) is 0 Å². The molecule has 0 saturated heterocycles. The summed E-state index contributed by atoms with van der Waals surface area (Å²) in [4.78, 5) is 18.1. The molecule has 1 aromatic heterocycles. The van der Waals surface area contributed by atoms with Crippen LogP contribution < -0.4 is 10.0 Å². The van der Waals surface area contributed by atoms with E-state index in [1.54, 1.807) is 11.0 Å². The number of sulfonamides is 1. The number of hydrogen-bond acceptors (Lipinski definition) is 5. The lowest BCUT2D eigenvalue weighted by molar-refractivity contribution is 0.202. The number of rotatable bonds is 10. The summed E-state index contributed by atoms with van der Waals surface area (Å²) in [6, 6.07) is 8.57. The number of aromatic nitrogens is 1. The fourth-order valence-electron chi connectivity index (χ4n) is 2.82. The number of carbonyl (C=O) groups excluding carboxylic acids is 1. The van der Waals surface area contributed by atoms with Gasteiger partial charge in [-0.25, -0.2) is 17.9 Å². The number of nitrogens with zero attached hydrogens (tertiary/aromatic N) is 2. The number of amides is 2. The summed E-state index contributed by atoms with van der Waals surface area (Å²) in [5.74, 6) is 0. The second-order valence-electron chi connectivity index (χ2n) is 6.97. The van der Waals surface area contributed by atoms with E-state index < -0.39 is 16.1 Å². The van der Waals surface area contributed by atoms with Gasteiger partial charge in [0.25, 0.3) is 10.0 Å². The van der Waals surface area contributed by atoms with Crippen molar-refractivity contribution in [3.05, 3.63) is 48.3 Å². The Morgan fingerprint density at radius 3 is 2.41 bits per heavy atom. The van der Waals surface area contributed by atoms with Gasteiger partial charge in [-0.2, -0.15) is 0 Å². The quantitative estimate of drug-likeness (QED) is 0.595. The highest BCUT2D eigenvalue weighted by Crippen LogP contribution is 2.24. The third-order valence-electron chi connectivity index (χ3n) is 4.44. The molecule has 0 saturated carbocycles. The van der Waals surface area contributed by atoms with Crippen molar-refractivity contribution in [2.45, 2.75) is 51.3 Å². The van der Waals surface area contributed by atoms with Crippen LogP contribution in [0.25, 0.3) is 0 Å². The van der Waals surface area contributed by atoms with E-state index in [9.17, 15) is 13.2 Å². The van der Waals surface area contributed by atoms with Crippen LogP contribution in [0, 0.1) is 6.92 Å². The zero-order valence-electron chi connectivity index (χ0n) is 17.3. The Morgan fingerprint density at radius 1 is 1.10 bits per heavy atom. The lowest BCUT2D eigenvalue weighted by atomic mass is 10.2. The summed E-state index contributed by atoms with van der Waals surface area (Å²) in [5.41, 5.74) is 2.16. The number of nitrogens with one attached hydrogen (secondary N) is 2. The van der Waals surface area contributed by atoms with Gasteiger partial charge < -0.3 is 10.2 Å². The number of benzene rings is 1. The normalized spacial score (nSPS) is 11.1. The van der Waals surface area contributed by atoms with Gasteiger partial charge in [0.1, 0.15) is 4.90 Å². The Hall–Kier alpha value is -2.61. The zero-order chi connectivity index (χ0) is 21.3. The fraction of sp³-hybridized carbons (Fsp3) is 0.429. The monoisotopic (exact) mass is 418 g/mol. The van der Waals surface area contributed by atoms with Crippen molar-refractivity contribution in [3.8, 4) is 0 Å². The van der Waals surface area contributed by atoms with E-state index in [1.807, 2.05) is 45.0 Å². The Balaban J connectivity index is 2.22. The van der Waals surface area contributed by atoms with Crippen LogP contribution >= 0.6 is 0 Å². The van der Waals surface area contributed by atoms with Crippen molar-refractivity contribution in [1.29, 1.82) is 0 Å². The molecule has 158 valence electrons. The Labute approximate surface area is 173 Å². The molecule has 2 aromatic rings. The van der Waals surface area contributed by atoms with E-state index in [0.717, 1.165) is 36.9 Å². The number of carbonyl (C=O) groups is 1. The maximum absolute atomic E-state index is 12.9. The first kappa shape index (κ1) is 22.7. The molecular formula is C21H30N4O3S. The van der Waals surface area contributed by atoms with Gasteiger partial charge in [0.2, 0.25) is 0 Å². The SMILES string of the molecule is CCCCN(CCCC)C(=O)NS(=O)(=O)c1cnccc1Nc1cccc(C)c1. The molecule has 0 fully saturated rings. The summed E-state index contributed by atoms with van der Waals surface area (Å²) in [6.07, 6.45) is 6.25. The zero-order valence-corrected chi connectivity index (χ0v) is 18.1. The highest BCUT2D eigenvalue weighted by Gasteiger charge is 2.24. The number of hydrogen-bond donors (Lipinski definition) is 2. The van der Waals surface area contributed by atoms with E-state index in [-0.39, 0.29) is 4.90 Å². The summed E-state index contributed by atoms with van der Waals surface area (Å²) < 4.78 is 28.1. The van der Waals surface area contributed by atoms with Crippen LogP contribution in [0.1, 0.15) is 45.1 Å². The second kappa shape index (κ2) is 10.8. The predicted octanol–water partition coefficient (Wildman–Crippen LogP) is 4.43. The minimum atomic E-state index is -4.08. The van der Waals surface area contributed by atoms with Crippen molar-refractivity contribution >= 4 is 27.4 Å². The molecule has 0 spiro atoms. The summed E-state index contributed by atoms with van der Waals surface area (Å²) in [5, 5.41) is 3.11. The van der Waals surface area contributed by atoms with E-state index >= 15 is 0 Å². The molecule has 29 heavy (non-hydrogen) atoms. The number of aryl methyl sites for hydroxylation is 1. The van der Waals surface area contributed by atoms with Crippen LogP contribution in [-0.2, 0) is 10.0 Å². The van der Waals surface area contributed by atoms with Gasteiger partial charge in [0, 0.05) is 31.2 Å². The lowest BCUT2D eigenvalue weighted by Crippen LogP contribution is -2.43. The number of unbranched alkanes of at least 4 members (excludes halogenated alkanes) is 2. The molecule has 2 rings (SSSR count). The maximum atomic E-state index is 12.9. The molecule has 1 aromatic carbocycles. The largest absolute Gasteiger partial charge is 0.354 e. The number of anilines is 2. The first-order chi connectivity index (χ1) is 13.9. The first-order valence-corrected chi connectivity index (χ1v) is 11.4. The van der Waals surface area contributed by atoms with E-state index in [0.29, 0.717) is 18.8 Å².